The molecule has 1 N–H and O–H groups in total. The minimum Gasteiger partial charge on any atom is -0.350 e. The molecule has 0 radical (unpaired) electrons. The Labute approximate surface area is 136 Å². The van der Waals surface area contributed by atoms with Crippen molar-refractivity contribution in [2.24, 2.45) is 0 Å². The van der Waals surface area contributed by atoms with Crippen LogP contribution in [0.5, 0.6) is 0 Å². The maximum atomic E-state index is 11.7. The summed E-state index contributed by atoms with van der Waals surface area (Å²) in [6.07, 6.45) is 3.45. The summed E-state index contributed by atoms with van der Waals surface area (Å²) in [5.74, 6) is 1.37. The smallest absolute Gasteiger partial charge is 0.225 e. The zero-order chi connectivity index (χ0) is 16.1. The first-order chi connectivity index (χ1) is 11.3. The first-order valence-electron chi connectivity index (χ1n) is 8.21. The molecule has 0 fully saturated rings. The van der Waals surface area contributed by atoms with E-state index in [0.717, 1.165) is 38.2 Å². The average molecular weight is 310 g/mol. The molecule has 0 bridgehead atoms. The number of anilines is 2. The molecule has 5 nitrogen and oxygen atoms in total. The van der Waals surface area contributed by atoms with Gasteiger partial charge >= 0.3 is 0 Å². The van der Waals surface area contributed by atoms with Gasteiger partial charge in [-0.15, -0.1) is 10.2 Å². The topological polar surface area (TPSA) is 58.1 Å². The fourth-order valence-electron chi connectivity index (χ4n) is 2.79. The Morgan fingerprint density at radius 3 is 2.74 bits per heavy atom. The number of benzene rings is 1. The summed E-state index contributed by atoms with van der Waals surface area (Å²) in [6.45, 7) is 3.86. The number of unbranched alkanes of at least 4 members (excludes halogenated alkanes) is 1. The summed E-state index contributed by atoms with van der Waals surface area (Å²) in [5.41, 5.74) is 2.76. The summed E-state index contributed by atoms with van der Waals surface area (Å²) in [7, 11) is 0. The second kappa shape index (κ2) is 7.22. The van der Waals surface area contributed by atoms with E-state index in [4.69, 9.17) is 0 Å². The SMILES string of the molecule is CCCCC(=O)Nc1ccc(N2CCc3ccccc3C2)nn1. The molecule has 120 valence electrons. The van der Waals surface area contributed by atoms with Crippen LogP contribution in [0, 0.1) is 0 Å². The minimum absolute atomic E-state index is 0.000741. The molecule has 3 rings (SSSR count). The summed E-state index contributed by atoms with van der Waals surface area (Å²) >= 11 is 0. The molecule has 0 spiro atoms. The zero-order valence-corrected chi connectivity index (χ0v) is 13.5. The molecule has 2 aromatic rings. The number of hydrogen-bond acceptors (Lipinski definition) is 4. The Kier molecular flexibility index (Phi) is 4.86. The predicted molar refractivity (Wildman–Crippen MR) is 91.4 cm³/mol. The van der Waals surface area contributed by atoms with Crippen molar-refractivity contribution >= 4 is 17.5 Å². The van der Waals surface area contributed by atoms with Crippen LogP contribution < -0.4 is 10.2 Å². The second-order valence-corrected chi connectivity index (χ2v) is 5.87. The van der Waals surface area contributed by atoms with Gasteiger partial charge in [-0.2, -0.15) is 0 Å². The molecule has 0 aliphatic carbocycles. The molecule has 1 aliphatic rings. The molecular formula is C18H22N4O. The lowest BCUT2D eigenvalue weighted by molar-refractivity contribution is -0.116. The van der Waals surface area contributed by atoms with Gasteiger partial charge in [0.15, 0.2) is 11.6 Å². The summed E-state index contributed by atoms with van der Waals surface area (Å²) < 4.78 is 0. The van der Waals surface area contributed by atoms with Gasteiger partial charge in [0.05, 0.1) is 0 Å². The van der Waals surface area contributed by atoms with E-state index in [1.54, 1.807) is 0 Å². The van der Waals surface area contributed by atoms with Gasteiger partial charge in [-0.3, -0.25) is 4.79 Å². The molecular weight excluding hydrogens is 288 g/mol. The summed E-state index contributed by atoms with van der Waals surface area (Å²) in [5, 5.41) is 11.2. The third-order valence-electron chi connectivity index (χ3n) is 4.13. The predicted octanol–water partition coefficient (Wildman–Crippen LogP) is 3.17. The zero-order valence-electron chi connectivity index (χ0n) is 13.5. The fourth-order valence-corrected chi connectivity index (χ4v) is 2.79. The largest absolute Gasteiger partial charge is 0.350 e. The van der Waals surface area contributed by atoms with E-state index in [1.807, 2.05) is 12.1 Å². The summed E-state index contributed by atoms with van der Waals surface area (Å²) in [4.78, 5) is 13.9. The lowest BCUT2D eigenvalue weighted by Crippen LogP contribution is -2.31. The molecule has 23 heavy (non-hydrogen) atoms. The molecule has 0 saturated heterocycles. The highest BCUT2D eigenvalue weighted by Crippen LogP contribution is 2.22. The normalized spacial score (nSPS) is 13.5. The van der Waals surface area contributed by atoms with Crippen LogP contribution in [0.25, 0.3) is 0 Å². The number of carbonyl (C=O) groups excluding carboxylic acids is 1. The van der Waals surface area contributed by atoms with Crippen LogP contribution in [0.3, 0.4) is 0 Å². The van der Waals surface area contributed by atoms with E-state index < -0.39 is 0 Å². The number of hydrogen-bond donors (Lipinski definition) is 1. The number of nitrogens with zero attached hydrogens (tertiary/aromatic N) is 3. The van der Waals surface area contributed by atoms with Crippen molar-refractivity contribution in [2.75, 3.05) is 16.8 Å². The molecule has 1 aromatic carbocycles. The van der Waals surface area contributed by atoms with E-state index in [-0.39, 0.29) is 5.91 Å². The van der Waals surface area contributed by atoms with E-state index in [9.17, 15) is 4.79 Å². The monoisotopic (exact) mass is 310 g/mol. The first kappa shape index (κ1) is 15.5. The Hall–Kier alpha value is -2.43. The van der Waals surface area contributed by atoms with Gasteiger partial charge in [0.2, 0.25) is 5.91 Å². The van der Waals surface area contributed by atoms with Crippen LogP contribution in [-0.2, 0) is 17.8 Å². The third-order valence-corrected chi connectivity index (χ3v) is 4.13. The number of amides is 1. The van der Waals surface area contributed by atoms with Crippen molar-refractivity contribution in [3.63, 3.8) is 0 Å². The third kappa shape index (κ3) is 3.86. The number of nitrogens with one attached hydrogen (secondary N) is 1. The molecule has 1 aliphatic heterocycles. The van der Waals surface area contributed by atoms with Crippen molar-refractivity contribution in [1.82, 2.24) is 10.2 Å². The van der Waals surface area contributed by atoms with Crippen LogP contribution >= 0.6 is 0 Å². The van der Waals surface area contributed by atoms with Crippen molar-refractivity contribution in [2.45, 2.75) is 39.2 Å². The molecule has 0 unspecified atom stereocenters. The first-order valence-corrected chi connectivity index (χ1v) is 8.21. The van der Waals surface area contributed by atoms with Crippen molar-refractivity contribution < 1.29 is 4.79 Å². The van der Waals surface area contributed by atoms with Gasteiger partial charge in [0.1, 0.15) is 0 Å². The van der Waals surface area contributed by atoms with Crippen LogP contribution in [0.2, 0.25) is 0 Å². The second-order valence-electron chi connectivity index (χ2n) is 5.87. The highest BCUT2D eigenvalue weighted by atomic mass is 16.1. The van der Waals surface area contributed by atoms with Gasteiger partial charge in [-0.05, 0) is 36.1 Å². The fraction of sp³-hybridized carbons (Fsp3) is 0.389. The highest BCUT2D eigenvalue weighted by Gasteiger charge is 2.17. The van der Waals surface area contributed by atoms with Gasteiger partial charge < -0.3 is 10.2 Å². The van der Waals surface area contributed by atoms with Crippen LogP contribution in [0.1, 0.15) is 37.3 Å². The standard InChI is InChI=1S/C18H22N4O/c1-2-3-8-18(23)19-16-9-10-17(21-20-16)22-12-11-14-6-4-5-7-15(14)13-22/h4-7,9-10H,2-3,8,11-13H2,1H3,(H,19,20,23). The Morgan fingerprint density at radius 1 is 1.17 bits per heavy atom. The highest BCUT2D eigenvalue weighted by molar-refractivity contribution is 5.89. The van der Waals surface area contributed by atoms with E-state index in [1.165, 1.54) is 11.1 Å². The Balaban J connectivity index is 1.63. The Morgan fingerprint density at radius 2 is 2.00 bits per heavy atom. The van der Waals surface area contributed by atoms with Crippen molar-refractivity contribution in [3.05, 3.63) is 47.5 Å². The maximum absolute atomic E-state index is 11.7. The number of rotatable bonds is 5. The Bertz CT molecular complexity index is 669. The lowest BCUT2D eigenvalue weighted by atomic mass is 10.00. The number of aromatic nitrogens is 2. The van der Waals surface area contributed by atoms with Crippen molar-refractivity contribution in [3.8, 4) is 0 Å². The molecule has 0 atom stereocenters. The molecule has 1 amide bonds. The van der Waals surface area contributed by atoms with E-state index in [0.29, 0.717) is 12.2 Å². The minimum atomic E-state index is 0.000741. The molecule has 2 heterocycles. The van der Waals surface area contributed by atoms with Crippen LogP contribution in [0.4, 0.5) is 11.6 Å². The molecule has 0 saturated carbocycles. The van der Waals surface area contributed by atoms with Gasteiger partial charge in [-0.25, -0.2) is 0 Å². The van der Waals surface area contributed by atoms with E-state index in [2.05, 4.69) is 51.6 Å². The molecule has 5 heteroatoms. The van der Waals surface area contributed by atoms with Crippen LogP contribution in [0.15, 0.2) is 36.4 Å². The van der Waals surface area contributed by atoms with Gasteiger partial charge in [0, 0.05) is 19.5 Å². The number of fused-ring (bicyclic) bond motifs is 1. The summed E-state index contributed by atoms with van der Waals surface area (Å²) in [6, 6.07) is 12.3. The molecule has 1 aromatic heterocycles. The van der Waals surface area contributed by atoms with E-state index >= 15 is 0 Å². The van der Waals surface area contributed by atoms with Crippen molar-refractivity contribution in [1.29, 1.82) is 0 Å². The number of carbonyl (C=O) groups is 1. The quantitative estimate of drug-likeness (QED) is 0.921. The average Bonchev–Trinajstić information content (AvgIpc) is 2.60. The van der Waals surface area contributed by atoms with Gasteiger partial charge in [-0.1, -0.05) is 37.6 Å². The maximum Gasteiger partial charge on any atom is 0.225 e. The van der Waals surface area contributed by atoms with Gasteiger partial charge in [0.25, 0.3) is 0 Å². The van der Waals surface area contributed by atoms with Crippen LogP contribution in [-0.4, -0.2) is 22.6 Å². The lowest BCUT2D eigenvalue weighted by Gasteiger charge is -2.29.